The zero-order chi connectivity index (χ0) is 16.8. The molecule has 0 atom stereocenters. The van der Waals surface area contributed by atoms with E-state index in [1.54, 1.807) is 0 Å². The lowest BCUT2D eigenvalue weighted by Gasteiger charge is -2.17. The highest BCUT2D eigenvalue weighted by molar-refractivity contribution is 5.88. The van der Waals surface area contributed by atoms with Crippen molar-refractivity contribution in [3.8, 4) is 11.3 Å². The molecule has 3 aromatic rings. The fourth-order valence-electron chi connectivity index (χ4n) is 3.49. The van der Waals surface area contributed by atoms with Gasteiger partial charge in [-0.15, -0.1) is 0 Å². The Bertz CT molecular complexity index is 967. The van der Waals surface area contributed by atoms with Crippen LogP contribution in [0.25, 0.3) is 22.0 Å². The van der Waals surface area contributed by atoms with Gasteiger partial charge in [0.05, 0.1) is 18.4 Å². The van der Waals surface area contributed by atoms with Crippen LogP contribution >= 0.6 is 0 Å². The van der Waals surface area contributed by atoms with Gasteiger partial charge in [-0.05, 0) is 36.3 Å². The van der Waals surface area contributed by atoms with Crippen LogP contribution in [0.15, 0.2) is 48.9 Å². The maximum atomic E-state index is 4.56. The summed E-state index contributed by atoms with van der Waals surface area (Å²) in [5.74, 6) is 2.61. The van der Waals surface area contributed by atoms with Crippen molar-refractivity contribution < 1.29 is 0 Å². The number of allylic oxidation sites excluding steroid dienone is 1. The van der Waals surface area contributed by atoms with Gasteiger partial charge in [0.15, 0.2) is 0 Å². The van der Waals surface area contributed by atoms with Crippen molar-refractivity contribution in [3.63, 3.8) is 0 Å². The van der Waals surface area contributed by atoms with E-state index in [0.717, 1.165) is 42.4 Å². The molecule has 25 heavy (non-hydrogen) atoms. The van der Waals surface area contributed by atoms with E-state index in [2.05, 4.69) is 56.0 Å². The highest BCUT2D eigenvalue weighted by atomic mass is 15.2. The van der Waals surface area contributed by atoms with Crippen LogP contribution in [0.4, 0.5) is 5.82 Å². The highest BCUT2D eigenvalue weighted by Gasteiger charge is 2.24. The van der Waals surface area contributed by atoms with E-state index in [1.165, 1.54) is 29.5 Å². The number of aromatic nitrogens is 3. The second kappa shape index (κ2) is 5.70. The molecule has 1 aliphatic carbocycles. The van der Waals surface area contributed by atoms with Gasteiger partial charge in [0, 0.05) is 35.9 Å². The first-order valence-electron chi connectivity index (χ1n) is 8.89. The minimum absolute atomic E-state index is 0.621. The highest BCUT2D eigenvalue weighted by Crippen LogP contribution is 2.36. The maximum absolute atomic E-state index is 4.56. The molecule has 2 aliphatic rings. The van der Waals surface area contributed by atoms with Gasteiger partial charge in [0.25, 0.3) is 0 Å². The first-order valence-corrected chi connectivity index (χ1v) is 8.89. The number of fused-ring (bicyclic) bond motifs is 2. The second-order valence-electron chi connectivity index (χ2n) is 6.94. The molecule has 0 saturated heterocycles. The summed E-state index contributed by atoms with van der Waals surface area (Å²) in [6.07, 6.45) is 6.39. The zero-order valence-electron chi connectivity index (χ0n) is 14.1. The van der Waals surface area contributed by atoms with Crippen LogP contribution in [0, 0.1) is 5.92 Å². The van der Waals surface area contributed by atoms with E-state index >= 15 is 0 Å². The van der Waals surface area contributed by atoms with Gasteiger partial charge in [0.1, 0.15) is 11.6 Å². The van der Waals surface area contributed by atoms with Crippen LogP contribution in [-0.4, -0.2) is 21.1 Å². The molecule has 0 spiro atoms. The van der Waals surface area contributed by atoms with E-state index in [9.17, 15) is 0 Å². The van der Waals surface area contributed by atoms with E-state index in [4.69, 9.17) is 0 Å². The Morgan fingerprint density at radius 1 is 1.16 bits per heavy atom. The summed E-state index contributed by atoms with van der Waals surface area (Å²) < 4.78 is 2.31. The molecule has 0 bridgehead atoms. The van der Waals surface area contributed by atoms with Gasteiger partial charge in [-0.1, -0.05) is 18.7 Å². The standard InChI is InChI=1S/C20H21N5/c1-13(14-2-3-14)24-19-9-17-8-15(4-5-16(17)10-22-19)18-11-23-20-12-21-6-7-25(18)20/h4-5,8-11,14,21H,1-3,6-7,12H2,(H,22,24). The van der Waals surface area contributed by atoms with Crippen molar-refractivity contribution in [3.05, 3.63) is 54.8 Å². The number of hydrogen-bond donors (Lipinski definition) is 2. The number of hydrogen-bond acceptors (Lipinski definition) is 4. The van der Waals surface area contributed by atoms with E-state index < -0.39 is 0 Å². The molecule has 1 saturated carbocycles. The molecule has 5 heteroatoms. The van der Waals surface area contributed by atoms with Crippen LogP contribution in [0.1, 0.15) is 18.7 Å². The summed E-state index contributed by atoms with van der Waals surface area (Å²) >= 11 is 0. The lowest BCUT2D eigenvalue weighted by molar-refractivity contribution is 0.508. The fourth-order valence-corrected chi connectivity index (χ4v) is 3.49. The Balaban J connectivity index is 1.51. The minimum Gasteiger partial charge on any atom is -0.344 e. The van der Waals surface area contributed by atoms with E-state index in [-0.39, 0.29) is 0 Å². The average Bonchev–Trinajstić information content (AvgIpc) is 3.41. The van der Waals surface area contributed by atoms with Crippen molar-refractivity contribution in [1.82, 2.24) is 19.9 Å². The molecule has 126 valence electrons. The smallest absolute Gasteiger partial charge is 0.130 e. The largest absolute Gasteiger partial charge is 0.344 e. The Labute approximate surface area is 146 Å². The number of benzene rings is 1. The third-order valence-corrected chi connectivity index (χ3v) is 5.11. The van der Waals surface area contributed by atoms with Gasteiger partial charge in [-0.2, -0.15) is 0 Å². The molecule has 2 aromatic heterocycles. The van der Waals surface area contributed by atoms with Crippen LogP contribution in [0.3, 0.4) is 0 Å². The predicted molar refractivity (Wildman–Crippen MR) is 100 cm³/mol. The summed E-state index contributed by atoms with van der Waals surface area (Å²) in [6, 6.07) is 8.64. The topological polar surface area (TPSA) is 54.8 Å². The third kappa shape index (κ3) is 2.70. The Morgan fingerprint density at radius 2 is 2.08 bits per heavy atom. The van der Waals surface area contributed by atoms with Crippen molar-refractivity contribution >= 4 is 16.6 Å². The molecule has 2 N–H and O–H groups in total. The van der Waals surface area contributed by atoms with Crippen molar-refractivity contribution in [1.29, 1.82) is 0 Å². The monoisotopic (exact) mass is 331 g/mol. The molecule has 5 rings (SSSR count). The lowest BCUT2D eigenvalue weighted by atomic mass is 10.1. The maximum Gasteiger partial charge on any atom is 0.130 e. The molecule has 5 nitrogen and oxygen atoms in total. The Hall–Kier alpha value is -2.66. The summed E-state index contributed by atoms with van der Waals surface area (Å²) in [7, 11) is 0. The molecule has 3 heterocycles. The molecule has 1 aliphatic heterocycles. The lowest BCUT2D eigenvalue weighted by Crippen LogP contribution is -2.28. The number of nitrogens with one attached hydrogen (secondary N) is 2. The number of anilines is 1. The van der Waals surface area contributed by atoms with E-state index in [0.29, 0.717) is 5.92 Å². The van der Waals surface area contributed by atoms with Crippen molar-refractivity contribution in [2.45, 2.75) is 25.9 Å². The number of pyridine rings is 1. The number of nitrogens with zero attached hydrogens (tertiary/aromatic N) is 3. The zero-order valence-corrected chi connectivity index (χ0v) is 14.1. The van der Waals surface area contributed by atoms with E-state index in [1.807, 2.05) is 12.4 Å². The first kappa shape index (κ1) is 14.7. The molecule has 0 amide bonds. The summed E-state index contributed by atoms with van der Waals surface area (Å²) in [6.45, 7) is 6.93. The molecule has 0 unspecified atom stereocenters. The Morgan fingerprint density at radius 3 is 2.96 bits per heavy atom. The minimum atomic E-state index is 0.621. The van der Waals surface area contributed by atoms with Gasteiger partial charge < -0.3 is 15.2 Å². The third-order valence-electron chi connectivity index (χ3n) is 5.11. The summed E-state index contributed by atoms with van der Waals surface area (Å²) in [5, 5.41) is 9.06. The van der Waals surface area contributed by atoms with Gasteiger partial charge in [0.2, 0.25) is 0 Å². The molecular formula is C20H21N5. The molecule has 0 radical (unpaired) electrons. The van der Waals surface area contributed by atoms with Crippen molar-refractivity contribution in [2.24, 2.45) is 5.92 Å². The first-order chi connectivity index (χ1) is 12.3. The number of rotatable bonds is 4. The van der Waals surface area contributed by atoms with Gasteiger partial charge in [-0.25, -0.2) is 9.97 Å². The Kier molecular flexibility index (Phi) is 3.35. The fraction of sp³-hybridized carbons (Fsp3) is 0.300. The molecular weight excluding hydrogens is 310 g/mol. The SMILES string of the molecule is C=C(Nc1cc2cc(-c3cnc4n3CCNC4)ccc2cn1)C1CC1. The number of imidazole rings is 1. The molecule has 1 fully saturated rings. The second-order valence-corrected chi connectivity index (χ2v) is 6.94. The quantitative estimate of drug-likeness (QED) is 0.768. The van der Waals surface area contributed by atoms with Crippen LogP contribution in [0.5, 0.6) is 0 Å². The van der Waals surface area contributed by atoms with Gasteiger partial charge >= 0.3 is 0 Å². The van der Waals surface area contributed by atoms with Crippen molar-refractivity contribution in [2.75, 3.05) is 11.9 Å². The van der Waals surface area contributed by atoms with Gasteiger partial charge in [-0.3, -0.25) is 0 Å². The van der Waals surface area contributed by atoms with Crippen LogP contribution < -0.4 is 10.6 Å². The molecule has 1 aromatic carbocycles. The normalized spacial score (nSPS) is 16.6. The summed E-state index contributed by atoms with van der Waals surface area (Å²) in [5.41, 5.74) is 3.47. The average molecular weight is 331 g/mol. The predicted octanol–water partition coefficient (Wildman–Crippen LogP) is 3.54. The summed E-state index contributed by atoms with van der Waals surface area (Å²) in [4.78, 5) is 9.08. The van der Waals surface area contributed by atoms with Crippen LogP contribution in [0.2, 0.25) is 0 Å². The van der Waals surface area contributed by atoms with Crippen LogP contribution in [-0.2, 0) is 13.1 Å².